The third-order valence-electron chi connectivity index (χ3n) is 2.72. The van der Waals surface area contributed by atoms with Crippen LogP contribution >= 0.6 is 22.3 Å². The first-order chi connectivity index (χ1) is 7.46. The Morgan fingerprint density at radius 3 is 2.50 bits per heavy atom. The lowest BCUT2D eigenvalue weighted by Gasteiger charge is -2.05. The van der Waals surface area contributed by atoms with Crippen molar-refractivity contribution < 1.29 is 8.42 Å². The summed E-state index contributed by atoms with van der Waals surface area (Å²) in [6.45, 7) is 0. The van der Waals surface area contributed by atoms with E-state index in [1.807, 2.05) is 18.2 Å². The molecule has 1 aromatic rings. The molecule has 0 amide bonds. The number of rotatable bonds is 4. The molecule has 16 heavy (non-hydrogen) atoms. The Balaban J connectivity index is 2.09. The molecule has 0 bridgehead atoms. The molecule has 1 aliphatic carbocycles. The van der Waals surface area contributed by atoms with Gasteiger partial charge in [-0.2, -0.15) is 0 Å². The van der Waals surface area contributed by atoms with Gasteiger partial charge in [-0.25, -0.2) is 8.42 Å². The molecule has 88 valence electrons. The van der Waals surface area contributed by atoms with Crippen LogP contribution in [0.5, 0.6) is 0 Å². The molecule has 5 heteroatoms. The van der Waals surface area contributed by atoms with Crippen molar-refractivity contribution in [3.8, 4) is 0 Å². The summed E-state index contributed by atoms with van der Waals surface area (Å²) in [4.78, 5) is 0. The van der Waals surface area contributed by atoms with Crippen molar-refractivity contribution in [1.82, 2.24) is 0 Å². The maximum Gasteiger partial charge on any atom is 0.232 e. The number of hydrogen-bond acceptors (Lipinski definition) is 2. The highest BCUT2D eigenvalue weighted by molar-refractivity contribution is 8.13. The molecule has 0 radical (unpaired) electrons. The summed E-state index contributed by atoms with van der Waals surface area (Å²) in [5.74, 6) is 0.562. The molecule has 2 rings (SSSR count). The molecule has 0 atom stereocenters. The lowest BCUT2D eigenvalue weighted by molar-refractivity contribution is 0.609. The van der Waals surface area contributed by atoms with Gasteiger partial charge in [0.15, 0.2) is 0 Å². The molecular weight excluding hydrogens is 267 g/mol. The average molecular weight is 279 g/mol. The van der Waals surface area contributed by atoms with E-state index in [0.29, 0.717) is 12.3 Å². The van der Waals surface area contributed by atoms with Crippen LogP contribution in [-0.4, -0.2) is 14.2 Å². The lowest BCUT2D eigenvalue weighted by Crippen LogP contribution is -2.01. The minimum atomic E-state index is -3.42. The average Bonchev–Trinajstić information content (AvgIpc) is 2.97. The van der Waals surface area contributed by atoms with Crippen LogP contribution in [0.15, 0.2) is 18.2 Å². The van der Waals surface area contributed by atoms with Crippen molar-refractivity contribution in [2.24, 2.45) is 0 Å². The standard InChI is InChI=1S/C11H12Cl2O2S/c12-11-7-8(5-6-16(13,14)15)1-4-10(11)9-2-3-9/h1,4,7,9H,2-3,5-6H2. The molecule has 2 nitrogen and oxygen atoms in total. The quantitative estimate of drug-likeness (QED) is 0.792. The van der Waals surface area contributed by atoms with Crippen molar-refractivity contribution in [3.63, 3.8) is 0 Å². The van der Waals surface area contributed by atoms with E-state index < -0.39 is 9.05 Å². The molecule has 0 N–H and O–H groups in total. The maximum atomic E-state index is 10.8. The monoisotopic (exact) mass is 278 g/mol. The molecule has 1 saturated carbocycles. The summed E-state index contributed by atoms with van der Waals surface area (Å²) >= 11 is 6.13. The highest BCUT2D eigenvalue weighted by Crippen LogP contribution is 2.43. The van der Waals surface area contributed by atoms with Crippen molar-refractivity contribution in [1.29, 1.82) is 0 Å². The molecule has 0 aliphatic heterocycles. The number of hydrogen-bond donors (Lipinski definition) is 0. The molecule has 0 saturated heterocycles. The molecule has 1 aliphatic rings. The van der Waals surface area contributed by atoms with Crippen LogP contribution in [-0.2, 0) is 15.5 Å². The molecular formula is C11H12Cl2O2S. The van der Waals surface area contributed by atoms with Gasteiger partial charge in [0, 0.05) is 15.7 Å². The number of halogens is 2. The summed E-state index contributed by atoms with van der Waals surface area (Å²) in [5, 5.41) is 0.743. The first-order valence-corrected chi connectivity index (χ1v) is 8.02. The predicted octanol–water partition coefficient (Wildman–Crippen LogP) is 3.33. The Bertz CT molecular complexity index is 493. The normalized spacial score (nSPS) is 16.4. The van der Waals surface area contributed by atoms with Crippen LogP contribution in [0.25, 0.3) is 0 Å². The fourth-order valence-corrected chi connectivity index (χ4v) is 2.76. The van der Waals surface area contributed by atoms with Gasteiger partial charge >= 0.3 is 0 Å². The Morgan fingerprint density at radius 1 is 1.31 bits per heavy atom. The van der Waals surface area contributed by atoms with E-state index in [4.69, 9.17) is 22.3 Å². The molecule has 0 unspecified atom stereocenters. The third-order valence-corrected chi connectivity index (χ3v) is 4.20. The molecule has 0 heterocycles. The van der Waals surface area contributed by atoms with E-state index in [9.17, 15) is 8.42 Å². The molecule has 1 fully saturated rings. The minimum absolute atomic E-state index is 0.0480. The number of aryl methyl sites for hydroxylation is 1. The Hall–Kier alpha value is -0.250. The zero-order valence-corrected chi connectivity index (χ0v) is 10.9. The van der Waals surface area contributed by atoms with E-state index in [-0.39, 0.29) is 5.75 Å². The van der Waals surface area contributed by atoms with E-state index in [2.05, 4.69) is 0 Å². The van der Waals surface area contributed by atoms with Gasteiger partial charge in [0.05, 0.1) is 5.75 Å². The largest absolute Gasteiger partial charge is 0.232 e. The van der Waals surface area contributed by atoms with E-state index >= 15 is 0 Å². The van der Waals surface area contributed by atoms with Crippen LogP contribution in [0, 0.1) is 0 Å². The lowest BCUT2D eigenvalue weighted by atomic mass is 10.1. The fraction of sp³-hybridized carbons (Fsp3) is 0.455. The fourth-order valence-electron chi connectivity index (χ4n) is 1.69. The van der Waals surface area contributed by atoms with Crippen LogP contribution in [0.1, 0.15) is 29.9 Å². The second kappa shape index (κ2) is 4.55. The SMILES string of the molecule is O=S(=O)(Cl)CCc1ccc(C2CC2)c(Cl)c1. The molecule has 0 aromatic heterocycles. The first kappa shape index (κ1) is 12.2. The van der Waals surface area contributed by atoms with E-state index in [0.717, 1.165) is 10.6 Å². The van der Waals surface area contributed by atoms with Gasteiger partial charge in [0.1, 0.15) is 0 Å². The second-order valence-electron chi connectivity index (χ2n) is 4.12. The van der Waals surface area contributed by atoms with Crippen LogP contribution < -0.4 is 0 Å². The first-order valence-electron chi connectivity index (χ1n) is 5.16. The molecule has 1 aromatic carbocycles. The van der Waals surface area contributed by atoms with Crippen molar-refractivity contribution >= 4 is 31.3 Å². The highest BCUT2D eigenvalue weighted by atomic mass is 35.7. The third kappa shape index (κ3) is 3.37. The van der Waals surface area contributed by atoms with Crippen molar-refractivity contribution in [2.75, 3.05) is 5.75 Å². The van der Waals surface area contributed by atoms with Crippen LogP contribution in [0.3, 0.4) is 0 Å². The van der Waals surface area contributed by atoms with Crippen LogP contribution in [0.4, 0.5) is 0 Å². The van der Waals surface area contributed by atoms with Crippen LogP contribution in [0.2, 0.25) is 5.02 Å². The van der Waals surface area contributed by atoms with Gasteiger partial charge < -0.3 is 0 Å². The topological polar surface area (TPSA) is 34.1 Å². The molecule has 0 spiro atoms. The van der Waals surface area contributed by atoms with Crippen molar-refractivity contribution in [3.05, 3.63) is 34.3 Å². The minimum Gasteiger partial charge on any atom is -0.212 e. The number of benzene rings is 1. The smallest absolute Gasteiger partial charge is 0.212 e. The summed E-state index contributed by atoms with van der Waals surface area (Å²) < 4.78 is 21.6. The Morgan fingerprint density at radius 2 is 2.00 bits per heavy atom. The summed E-state index contributed by atoms with van der Waals surface area (Å²) in [6.07, 6.45) is 2.82. The predicted molar refractivity (Wildman–Crippen MR) is 66.8 cm³/mol. The Kier molecular flexibility index (Phi) is 3.48. The second-order valence-corrected chi connectivity index (χ2v) is 7.43. The highest BCUT2D eigenvalue weighted by Gasteiger charge is 2.25. The van der Waals surface area contributed by atoms with Gasteiger partial charge in [-0.15, -0.1) is 0 Å². The van der Waals surface area contributed by atoms with Gasteiger partial charge in [-0.3, -0.25) is 0 Å². The Labute approximate surface area is 105 Å². The zero-order valence-electron chi connectivity index (χ0n) is 8.62. The summed E-state index contributed by atoms with van der Waals surface area (Å²) in [6, 6.07) is 5.77. The van der Waals surface area contributed by atoms with Gasteiger partial charge in [-0.1, -0.05) is 23.7 Å². The van der Waals surface area contributed by atoms with E-state index in [1.165, 1.54) is 18.4 Å². The van der Waals surface area contributed by atoms with Gasteiger partial charge in [0.2, 0.25) is 9.05 Å². The van der Waals surface area contributed by atoms with Gasteiger partial charge in [0.25, 0.3) is 0 Å². The van der Waals surface area contributed by atoms with Crippen molar-refractivity contribution in [2.45, 2.75) is 25.2 Å². The maximum absolute atomic E-state index is 10.8. The summed E-state index contributed by atoms with van der Waals surface area (Å²) in [7, 11) is 1.73. The van der Waals surface area contributed by atoms with E-state index in [1.54, 1.807) is 0 Å². The zero-order chi connectivity index (χ0) is 11.8. The van der Waals surface area contributed by atoms with Gasteiger partial charge in [-0.05, 0) is 42.4 Å². The summed E-state index contributed by atoms with van der Waals surface area (Å²) in [5.41, 5.74) is 2.10.